The van der Waals surface area contributed by atoms with Crippen molar-refractivity contribution in [2.24, 2.45) is 5.84 Å². The van der Waals surface area contributed by atoms with Gasteiger partial charge < -0.3 is 5.01 Å². The van der Waals surface area contributed by atoms with Crippen molar-refractivity contribution in [3.8, 4) is 0 Å². The van der Waals surface area contributed by atoms with Crippen LogP contribution in [-0.2, 0) is 0 Å². The summed E-state index contributed by atoms with van der Waals surface area (Å²) in [6, 6.07) is 8.13. The zero-order valence-electron chi connectivity index (χ0n) is 6.74. The molecule has 60 valence electrons. The van der Waals surface area contributed by atoms with E-state index in [1.807, 2.05) is 19.2 Å². The maximum absolute atomic E-state index is 5.53. The van der Waals surface area contributed by atoms with E-state index < -0.39 is 0 Å². The third-order valence-corrected chi connectivity index (χ3v) is 2.22. The number of thioether (sulfide) groups is 1. The van der Waals surface area contributed by atoms with Crippen LogP contribution in [0.25, 0.3) is 0 Å². The molecule has 0 saturated heterocycles. The Labute approximate surface area is 71.4 Å². The van der Waals surface area contributed by atoms with Gasteiger partial charge in [-0.1, -0.05) is 0 Å². The topological polar surface area (TPSA) is 29.3 Å². The number of hydrogen-bond donors (Lipinski definition) is 1. The Morgan fingerprint density at radius 1 is 1.27 bits per heavy atom. The molecule has 3 heteroatoms. The first-order valence-electron chi connectivity index (χ1n) is 3.36. The monoisotopic (exact) mass is 168 g/mol. The minimum absolute atomic E-state index is 1.03. The molecule has 0 atom stereocenters. The predicted octanol–water partition coefficient (Wildman–Crippen LogP) is 1.72. The van der Waals surface area contributed by atoms with Crippen LogP contribution in [0.4, 0.5) is 5.69 Å². The van der Waals surface area contributed by atoms with Gasteiger partial charge in [-0.3, -0.25) is 0 Å². The van der Waals surface area contributed by atoms with E-state index in [1.165, 1.54) is 4.90 Å². The summed E-state index contributed by atoms with van der Waals surface area (Å²) in [5, 5.41) is 1.60. The Bertz CT molecular complexity index is 218. The summed E-state index contributed by atoms with van der Waals surface area (Å²) in [7, 11) is 1.83. The molecule has 2 N–H and O–H groups in total. The van der Waals surface area contributed by atoms with E-state index in [0.29, 0.717) is 0 Å². The average Bonchev–Trinajstić information content (AvgIpc) is 2.05. The summed E-state index contributed by atoms with van der Waals surface area (Å²) in [4.78, 5) is 1.26. The molecule has 0 aliphatic heterocycles. The van der Waals surface area contributed by atoms with E-state index in [9.17, 15) is 0 Å². The van der Waals surface area contributed by atoms with Crippen molar-refractivity contribution in [3.63, 3.8) is 0 Å². The van der Waals surface area contributed by atoms with Crippen LogP contribution in [0, 0.1) is 0 Å². The molecular formula is C8H12N2S. The second kappa shape index (κ2) is 3.64. The molecule has 0 unspecified atom stereocenters. The quantitative estimate of drug-likeness (QED) is 0.414. The molecule has 0 aromatic heterocycles. The van der Waals surface area contributed by atoms with Crippen LogP contribution in [0.5, 0.6) is 0 Å². The highest BCUT2D eigenvalue weighted by Gasteiger charge is 1.93. The van der Waals surface area contributed by atoms with E-state index in [0.717, 1.165) is 5.69 Å². The van der Waals surface area contributed by atoms with Gasteiger partial charge >= 0.3 is 0 Å². The van der Waals surface area contributed by atoms with Gasteiger partial charge in [0, 0.05) is 11.9 Å². The summed E-state index contributed by atoms with van der Waals surface area (Å²) in [5.74, 6) is 5.53. The van der Waals surface area contributed by atoms with Gasteiger partial charge in [0.2, 0.25) is 0 Å². The number of rotatable bonds is 2. The first kappa shape index (κ1) is 8.43. The van der Waals surface area contributed by atoms with Crippen molar-refractivity contribution < 1.29 is 0 Å². The van der Waals surface area contributed by atoms with Crippen LogP contribution >= 0.6 is 11.8 Å². The fraction of sp³-hybridized carbons (Fsp3) is 0.250. The number of hydrazine groups is 1. The molecule has 0 spiro atoms. The Morgan fingerprint density at radius 2 is 1.82 bits per heavy atom. The summed E-state index contributed by atoms with van der Waals surface area (Å²) in [6.07, 6.45) is 2.06. The lowest BCUT2D eigenvalue weighted by molar-refractivity contribution is 1.02. The van der Waals surface area contributed by atoms with Crippen LogP contribution < -0.4 is 10.9 Å². The van der Waals surface area contributed by atoms with E-state index in [2.05, 4.69) is 18.4 Å². The minimum atomic E-state index is 1.03. The van der Waals surface area contributed by atoms with Gasteiger partial charge in [-0.05, 0) is 30.5 Å². The second-order valence-electron chi connectivity index (χ2n) is 2.31. The molecule has 1 aromatic carbocycles. The van der Waals surface area contributed by atoms with Crippen molar-refractivity contribution in [1.82, 2.24) is 0 Å². The van der Waals surface area contributed by atoms with E-state index >= 15 is 0 Å². The highest BCUT2D eigenvalue weighted by atomic mass is 32.2. The van der Waals surface area contributed by atoms with Crippen LogP contribution in [0.3, 0.4) is 0 Å². The van der Waals surface area contributed by atoms with Crippen molar-refractivity contribution in [3.05, 3.63) is 24.3 Å². The van der Waals surface area contributed by atoms with Crippen molar-refractivity contribution in [1.29, 1.82) is 0 Å². The Balaban J connectivity index is 2.83. The summed E-state index contributed by atoms with van der Waals surface area (Å²) < 4.78 is 0. The molecule has 2 nitrogen and oxygen atoms in total. The number of anilines is 1. The van der Waals surface area contributed by atoms with Crippen molar-refractivity contribution in [2.45, 2.75) is 4.90 Å². The SMILES string of the molecule is CSc1ccc(N(C)N)cc1. The highest BCUT2D eigenvalue weighted by Crippen LogP contribution is 2.17. The van der Waals surface area contributed by atoms with Crippen LogP contribution in [0.15, 0.2) is 29.2 Å². The first-order chi connectivity index (χ1) is 5.24. The molecule has 0 heterocycles. The number of hydrogen-bond acceptors (Lipinski definition) is 3. The zero-order chi connectivity index (χ0) is 8.27. The highest BCUT2D eigenvalue weighted by molar-refractivity contribution is 7.98. The van der Waals surface area contributed by atoms with E-state index in [1.54, 1.807) is 16.8 Å². The molecule has 1 aromatic rings. The van der Waals surface area contributed by atoms with Crippen molar-refractivity contribution in [2.75, 3.05) is 18.3 Å². The van der Waals surface area contributed by atoms with Gasteiger partial charge in [0.1, 0.15) is 0 Å². The smallest absolute Gasteiger partial charge is 0.0514 e. The molecule has 0 bridgehead atoms. The summed E-state index contributed by atoms with van der Waals surface area (Å²) in [6.45, 7) is 0. The molecule has 0 aliphatic carbocycles. The van der Waals surface area contributed by atoms with Crippen molar-refractivity contribution >= 4 is 17.4 Å². The first-order valence-corrected chi connectivity index (χ1v) is 4.59. The Hall–Kier alpha value is -0.670. The molecule has 0 saturated carbocycles. The second-order valence-corrected chi connectivity index (χ2v) is 3.19. The molecule has 11 heavy (non-hydrogen) atoms. The summed E-state index contributed by atoms with van der Waals surface area (Å²) in [5.41, 5.74) is 1.03. The molecule has 0 radical (unpaired) electrons. The fourth-order valence-corrected chi connectivity index (χ4v) is 1.23. The third kappa shape index (κ3) is 2.13. The third-order valence-electron chi connectivity index (χ3n) is 1.48. The fourth-order valence-electron chi connectivity index (χ4n) is 0.817. The van der Waals surface area contributed by atoms with E-state index in [4.69, 9.17) is 5.84 Å². The number of benzene rings is 1. The lowest BCUT2D eigenvalue weighted by Crippen LogP contribution is -2.24. The average molecular weight is 168 g/mol. The standard InChI is InChI=1S/C8H12N2S/c1-10(9)7-3-5-8(11-2)6-4-7/h3-6H,9H2,1-2H3. The molecule has 0 fully saturated rings. The normalized spacial score (nSPS) is 9.73. The molecule has 1 rings (SSSR count). The summed E-state index contributed by atoms with van der Waals surface area (Å²) >= 11 is 1.73. The van der Waals surface area contributed by atoms with Gasteiger partial charge in [0.05, 0.1) is 5.69 Å². The lowest BCUT2D eigenvalue weighted by atomic mass is 10.3. The van der Waals surface area contributed by atoms with Gasteiger partial charge in [-0.25, -0.2) is 5.84 Å². The Kier molecular flexibility index (Phi) is 2.79. The van der Waals surface area contributed by atoms with Gasteiger partial charge in [0.15, 0.2) is 0 Å². The molecule has 0 aliphatic rings. The van der Waals surface area contributed by atoms with Gasteiger partial charge in [0.25, 0.3) is 0 Å². The van der Waals surface area contributed by atoms with Crippen LogP contribution in [0.1, 0.15) is 0 Å². The maximum Gasteiger partial charge on any atom is 0.0514 e. The van der Waals surface area contributed by atoms with Crippen LogP contribution in [0.2, 0.25) is 0 Å². The maximum atomic E-state index is 5.53. The zero-order valence-corrected chi connectivity index (χ0v) is 7.56. The molecule has 0 amide bonds. The lowest BCUT2D eigenvalue weighted by Gasteiger charge is -2.11. The predicted molar refractivity (Wildman–Crippen MR) is 50.8 cm³/mol. The largest absolute Gasteiger partial charge is 0.314 e. The molecular weight excluding hydrogens is 156 g/mol. The number of nitrogens with two attached hydrogens (primary N) is 1. The number of nitrogens with zero attached hydrogens (tertiary/aromatic N) is 1. The van der Waals surface area contributed by atoms with Crippen LogP contribution in [-0.4, -0.2) is 13.3 Å². The van der Waals surface area contributed by atoms with E-state index in [-0.39, 0.29) is 0 Å². The minimum Gasteiger partial charge on any atom is -0.314 e. The Morgan fingerprint density at radius 3 is 2.18 bits per heavy atom. The van der Waals surface area contributed by atoms with Gasteiger partial charge in [-0.15, -0.1) is 11.8 Å². The van der Waals surface area contributed by atoms with Gasteiger partial charge in [-0.2, -0.15) is 0 Å².